The maximum absolute atomic E-state index is 13.0. The summed E-state index contributed by atoms with van der Waals surface area (Å²) in [6, 6.07) is 8.42. The number of ether oxygens (including phenoxy) is 1. The number of benzene rings is 1. The van der Waals surface area contributed by atoms with E-state index in [9.17, 15) is 18.3 Å². The van der Waals surface area contributed by atoms with Crippen LogP contribution in [-0.4, -0.2) is 55.4 Å². The lowest BCUT2D eigenvalue weighted by Crippen LogP contribution is -2.32. The molecule has 1 fully saturated rings. The molecule has 1 N–H and O–H groups in total. The van der Waals surface area contributed by atoms with Crippen LogP contribution < -0.4 is 0 Å². The van der Waals surface area contributed by atoms with E-state index >= 15 is 0 Å². The molecule has 0 radical (unpaired) electrons. The largest absolute Gasteiger partial charge is 0.416 e. The molecule has 2 unspecified atom stereocenters. The van der Waals surface area contributed by atoms with E-state index in [0.717, 1.165) is 17.7 Å². The molecule has 1 aliphatic heterocycles. The third kappa shape index (κ3) is 4.87. The van der Waals surface area contributed by atoms with Crippen molar-refractivity contribution in [3.8, 4) is 11.3 Å². The highest BCUT2D eigenvalue weighted by molar-refractivity contribution is 5.55. The zero-order valence-corrected chi connectivity index (χ0v) is 17.1. The topological polar surface area (TPSA) is 76.3 Å². The quantitative estimate of drug-likeness (QED) is 0.563. The number of likely N-dealkylation sites (tertiary alicyclic amines) is 1. The summed E-state index contributed by atoms with van der Waals surface area (Å²) in [5.74, 6) is 0. The lowest BCUT2D eigenvalue weighted by molar-refractivity contribution is -0.137. The van der Waals surface area contributed by atoms with E-state index in [4.69, 9.17) is 4.74 Å². The summed E-state index contributed by atoms with van der Waals surface area (Å²) >= 11 is 0. The summed E-state index contributed by atoms with van der Waals surface area (Å²) in [5, 5.41) is 18.6. The normalized spacial score (nSPS) is 20.4. The third-order valence-electron chi connectivity index (χ3n) is 5.38. The highest BCUT2D eigenvalue weighted by atomic mass is 19.4. The van der Waals surface area contributed by atoms with Crippen molar-refractivity contribution in [2.75, 3.05) is 13.1 Å². The molecule has 168 valence electrons. The monoisotopic (exact) mass is 445 g/mol. The SMILES string of the molecule is C=CC(O)N1CC(n2cc(-c3cccnc3)nn2)[C@H](OCc2cccc(C(F)(F)F)c2)C1. The van der Waals surface area contributed by atoms with Gasteiger partial charge in [-0.15, -0.1) is 5.10 Å². The number of alkyl halides is 3. The van der Waals surface area contributed by atoms with Crippen molar-refractivity contribution in [3.05, 3.63) is 78.8 Å². The van der Waals surface area contributed by atoms with Gasteiger partial charge >= 0.3 is 6.18 Å². The molecule has 7 nitrogen and oxygen atoms in total. The van der Waals surface area contributed by atoms with Crippen molar-refractivity contribution >= 4 is 0 Å². The molecule has 10 heteroatoms. The van der Waals surface area contributed by atoms with E-state index in [1.807, 2.05) is 6.07 Å². The minimum absolute atomic E-state index is 0.00668. The molecule has 2 aromatic heterocycles. The number of hydrogen-bond donors (Lipinski definition) is 1. The van der Waals surface area contributed by atoms with Gasteiger partial charge in [0.1, 0.15) is 11.9 Å². The first-order valence-corrected chi connectivity index (χ1v) is 10.00. The van der Waals surface area contributed by atoms with Crippen LogP contribution in [0.15, 0.2) is 67.6 Å². The Morgan fingerprint density at radius 3 is 2.81 bits per heavy atom. The Hall–Kier alpha value is -3.08. The highest BCUT2D eigenvalue weighted by Gasteiger charge is 2.38. The predicted molar refractivity (Wildman–Crippen MR) is 110 cm³/mol. The van der Waals surface area contributed by atoms with Crippen molar-refractivity contribution in [1.29, 1.82) is 0 Å². The number of nitrogens with zero attached hydrogens (tertiary/aromatic N) is 5. The van der Waals surface area contributed by atoms with Crippen LogP contribution >= 0.6 is 0 Å². The number of rotatable bonds is 7. The fourth-order valence-corrected chi connectivity index (χ4v) is 3.69. The maximum Gasteiger partial charge on any atom is 0.416 e. The Kier molecular flexibility index (Phi) is 6.35. The van der Waals surface area contributed by atoms with E-state index in [0.29, 0.717) is 24.3 Å². The second-order valence-electron chi connectivity index (χ2n) is 7.54. The number of aromatic nitrogens is 4. The molecule has 1 aromatic carbocycles. The van der Waals surface area contributed by atoms with E-state index in [1.165, 1.54) is 12.1 Å². The summed E-state index contributed by atoms with van der Waals surface area (Å²) in [6.07, 6.45) is 0.805. The second-order valence-corrected chi connectivity index (χ2v) is 7.54. The lowest BCUT2D eigenvalue weighted by atomic mass is 10.1. The van der Waals surface area contributed by atoms with Crippen LogP contribution in [0.5, 0.6) is 0 Å². The zero-order chi connectivity index (χ0) is 22.7. The van der Waals surface area contributed by atoms with Gasteiger partial charge in [-0.2, -0.15) is 13.2 Å². The fraction of sp³-hybridized carbons (Fsp3) is 0.318. The van der Waals surface area contributed by atoms with Crippen LogP contribution in [0.4, 0.5) is 13.2 Å². The van der Waals surface area contributed by atoms with Gasteiger partial charge in [0.2, 0.25) is 0 Å². The summed E-state index contributed by atoms with van der Waals surface area (Å²) in [7, 11) is 0. The minimum atomic E-state index is -4.42. The standard InChI is InChI=1S/C22H22F3N5O2/c1-2-21(31)29-12-19(30-11-18(27-28-30)16-6-4-8-26-10-16)20(13-29)32-14-15-5-3-7-17(9-15)22(23,24)25/h2-11,19-21,31H,1,12-14H2/t19?,20-,21?/m1/s1. The molecule has 0 aliphatic carbocycles. The van der Waals surface area contributed by atoms with E-state index in [2.05, 4.69) is 21.9 Å². The summed E-state index contributed by atoms with van der Waals surface area (Å²) < 4.78 is 46.7. The smallest absolute Gasteiger partial charge is 0.375 e. The average Bonchev–Trinajstić information content (AvgIpc) is 3.45. The number of pyridine rings is 1. The molecule has 1 saturated heterocycles. The molecule has 3 atom stereocenters. The van der Waals surface area contributed by atoms with Crippen LogP contribution in [0.3, 0.4) is 0 Å². The van der Waals surface area contributed by atoms with Gasteiger partial charge in [-0.1, -0.05) is 23.9 Å². The summed E-state index contributed by atoms with van der Waals surface area (Å²) in [6.45, 7) is 4.38. The second kappa shape index (κ2) is 9.19. The molecule has 32 heavy (non-hydrogen) atoms. The molecule has 0 spiro atoms. The first kappa shape index (κ1) is 22.1. The predicted octanol–water partition coefficient (Wildman–Crippen LogP) is 3.31. The van der Waals surface area contributed by atoms with Crippen molar-refractivity contribution in [2.24, 2.45) is 0 Å². The molecule has 0 saturated carbocycles. The number of halogens is 3. The first-order valence-electron chi connectivity index (χ1n) is 10.00. The fourth-order valence-electron chi connectivity index (χ4n) is 3.69. The summed E-state index contributed by atoms with van der Waals surface area (Å²) in [4.78, 5) is 5.85. The first-order chi connectivity index (χ1) is 15.3. The van der Waals surface area contributed by atoms with Gasteiger partial charge in [-0.3, -0.25) is 9.88 Å². The Balaban J connectivity index is 1.53. The molecule has 3 heterocycles. The number of aliphatic hydroxyl groups excluding tert-OH is 1. The third-order valence-corrected chi connectivity index (χ3v) is 5.38. The van der Waals surface area contributed by atoms with Crippen molar-refractivity contribution in [1.82, 2.24) is 24.9 Å². The molecule has 3 aromatic rings. The molecule has 1 aliphatic rings. The van der Waals surface area contributed by atoms with Crippen LogP contribution in [0.25, 0.3) is 11.3 Å². The molecular weight excluding hydrogens is 423 g/mol. The van der Waals surface area contributed by atoms with Crippen LogP contribution in [0, 0.1) is 0 Å². The van der Waals surface area contributed by atoms with Crippen molar-refractivity contribution < 1.29 is 23.0 Å². The molecule has 0 bridgehead atoms. The Labute approximate surface area is 182 Å². The van der Waals surface area contributed by atoms with Gasteiger partial charge in [-0.25, -0.2) is 4.68 Å². The number of aliphatic hydroxyl groups is 1. The van der Waals surface area contributed by atoms with Gasteiger partial charge in [-0.05, 0) is 35.9 Å². The van der Waals surface area contributed by atoms with E-state index < -0.39 is 24.1 Å². The van der Waals surface area contributed by atoms with Crippen molar-refractivity contribution in [3.63, 3.8) is 0 Å². The number of hydrogen-bond acceptors (Lipinski definition) is 6. The van der Waals surface area contributed by atoms with Gasteiger partial charge in [0, 0.05) is 31.0 Å². The van der Waals surface area contributed by atoms with E-state index in [1.54, 1.807) is 40.3 Å². The maximum atomic E-state index is 13.0. The summed E-state index contributed by atoms with van der Waals surface area (Å²) in [5.41, 5.74) is 1.14. The van der Waals surface area contributed by atoms with Crippen LogP contribution in [-0.2, 0) is 17.5 Å². The highest BCUT2D eigenvalue weighted by Crippen LogP contribution is 2.31. The molecule has 4 rings (SSSR count). The van der Waals surface area contributed by atoms with Gasteiger partial charge in [0.05, 0.1) is 30.5 Å². The van der Waals surface area contributed by atoms with Gasteiger partial charge < -0.3 is 9.84 Å². The zero-order valence-electron chi connectivity index (χ0n) is 17.1. The molecular formula is C22H22F3N5O2. The Bertz CT molecular complexity index is 1060. The van der Waals surface area contributed by atoms with Crippen LogP contribution in [0.1, 0.15) is 17.2 Å². The van der Waals surface area contributed by atoms with Gasteiger partial charge in [0.25, 0.3) is 0 Å². The Morgan fingerprint density at radius 1 is 1.25 bits per heavy atom. The van der Waals surface area contributed by atoms with Crippen LogP contribution in [0.2, 0.25) is 0 Å². The average molecular weight is 445 g/mol. The lowest BCUT2D eigenvalue weighted by Gasteiger charge is -2.19. The Morgan fingerprint density at radius 2 is 2.09 bits per heavy atom. The minimum Gasteiger partial charge on any atom is -0.375 e. The van der Waals surface area contributed by atoms with Crippen molar-refractivity contribution in [2.45, 2.75) is 31.2 Å². The van der Waals surface area contributed by atoms with Gasteiger partial charge in [0.15, 0.2) is 0 Å². The van der Waals surface area contributed by atoms with E-state index in [-0.39, 0.29) is 12.6 Å². The molecule has 0 amide bonds.